The molecule has 0 spiro atoms. The minimum atomic E-state index is -0.368. The molecule has 1 aliphatic heterocycles. The molecule has 7 rings (SSSR count). The highest BCUT2D eigenvalue weighted by Crippen LogP contribution is 2.38. The molecule has 1 amide bonds. The summed E-state index contributed by atoms with van der Waals surface area (Å²) in [5.74, 6) is -0.644. The second-order valence-electron chi connectivity index (χ2n) is 9.68. The van der Waals surface area contributed by atoms with Crippen molar-refractivity contribution in [3.63, 3.8) is 0 Å². The number of halogens is 2. The molecule has 0 saturated carbocycles. The van der Waals surface area contributed by atoms with Crippen molar-refractivity contribution < 1.29 is 9.18 Å². The van der Waals surface area contributed by atoms with Gasteiger partial charge < -0.3 is 4.57 Å². The summed E-state index contributed by atoms with van der Waals surface area (Å²) >= 11 is 6.71. The SMILES string of the molecule is O=C1N=c2ccccc2=C1N/N=C/c1cc2c3ccccc3n(Cc3ccc(F)cc3)c2c(-c2ccccc2Cl)n1. The maximum absolute atomic E-state index is 13.7. The van der Waals surface area contributed by atoms with Crippen LogP contribution in [-0.2, 0) is 11.3 Å². The van der Waals surface area contributed by atoms with Crippen LogP contribution in [0, 0.1) is 5.82 Å². The molecular weight excluding hydrogens is 537 g/mol. The van der Waals surface area contributed by atoms with E-state index < -0.39 is 0 Å². The number of rotatable bonds is 6. The van der Waals surface area contributed by atoms with Crippen molar-refractivity contribution in [1.82, 2.24) is 15.0 Å². The summed E-state index contributed by atoms with van der Waals surface area (Å²) in [6.07, 6.45) is 1.59. The Hall–Kier alpha value is -5.14. The Morgan fingerprint density at radius 1 is 0.902 bits per heavy atom. The van der Waals surface area contributed by atoms with Gasteiger partial charge in [-0.3, -0.25) is 10.2 Å². The van der Waals surface area contributed by atoms with Gasteiger partial charge in [-0.1, -0.05) is 78.3 Å². The van der Waals surface area contributed by atoms with E-state index in [2.05, 4.69) is 32.2 Å². The lowest BCUT2D eigenvalue weighted by molar-refractivity contribution is -0.113. The Balaban J connectivity index is 1.41. The highest BCUT2D eigenvalue weighted by atomic mass is 35.5. The number of hydrogen-bond donors (Lipinski definition) is 1. The van der Waals surface area contributed by atoms with Gasteiger partial charge in [-0.05, 0) is 42.0 Å². The molecule has 1 N–H and O–H groups in total. The minimum Gasteiger partial charge on any atom is -0.334 e. The average Bonchev–Trinajstić information content (AvgIpc) is 3.48. The number of aromatic nitrogens is 2. The number of hydrazone groups is 1. The normalized spacial score (nSPS) is 12.8. The highest BCUT2D eigenvalue weighted by Gasteiger charge is 2.20. The quantitative estimate of drug-likeness (QED) is 0.214. The zero-order valence-corrected chi connectivity index (χ0v) is 22.3. The van der Waals surface area contributed by atoms with E-state index in [1.54, 1.807) is 24.4 Å². The van der Waals surface area contributed by atoms with E-state index in [0.29, 0.717) is 39.2 Å². The molecule has 0 bridgehead atoms. The van der Waals surface area contributed by atoms with Crippen LogP contribution in [0.15, 0.2) is 113 Å². The van der Waals surface area contributed by atoms with Gasteiger partial charge in [0.1, 0.15) is 11.5 Å². The first-order valence-corrected chi connectivity index (χ1v) is 13.4. The molecule has 6 nitrogen and oxygen atoms in total. The fourth-order valence-corrected chi connectivity index (χ4v) is 5.50. The Bertz CT molecular complexity index is 2150. The molecule has 0 radical (unpaired) electrons. The third kappa shape index (κ3) is 4.46. The van der Waals surface area contributed by atoms with Gasteiger partial charge in [-0.2, -0.15) is 5.10 Å². The van der Waals surface area contributed by atoms with Crippen LogP contribution in [0.4, 0.5) is 4.39 Å². The van der Waals surface area contributed by atoms with E-state index in [9.17, 15) is 9.18 Å². The summed E-state index contributed by atoms with van der Waals surface area (Å²) in [4.78, 5) is 21.5. The van der Waals surface area contributed by atoms with Crippen LogP contribution in [0.3, 0.4) is 0 Å². The van der Waals surface area contributed by atoms with Gasteiger partial charge >= 0.3 is 0 Å². The Kier molecular flexibility index (Phi) is 6.14. The number of carbonyl (C=O) groups is 1. The van der Waals surface area contributed by atoms with Crippen LogP contribution in [0.2, 0.25) is 5.02 Å². The van der Waals surface area contributed by atoms with Crippen LogP contribution in [0.25, 0.3) is 38.8 Å². The average molecular weight is 558 g/mol. The largest absolute Gasteiger partial charge is 0.334 e. The lowest BCUT2D eigenvalue weighted by Gasteiger charge is -2.13. The van der Waals surface area contributed by atoms with E-state index in [1.807, 2.05) is 60.7 Å². The number of benzene rings is 4. The van der Waals surface area contributed by atoms with Crippen molar-refractivity contribution in [2.24, 2.45) is 10.1 Å². The molecule has 198 valence electrons. The summed E-state index contributed by atoms with van der Waals surface area (Å²) in [5, 5.41) is 8.27. The second-order valence-corrected chi connectivity index (χ2v) is 10.1. The summed E-state index contributed by atoms with van der Waals surface area (Å²) in [6.45, 7) is 0.516. The number of amides is 1. The minimum absolute atomic E-state index is 0.276. The molecule has 0 aliphatic carbocycles. The molecule has 6 aromatic rings. The van der Waals surface area contributed by atoms with Crippen molar-refractivity contribution in [1.29, 1.82) is 0 Å². The lowest BCUT2D eigenvalue weighted by atomic mass is 10.1. The van der Waals surface area contributed by atoms with Crippen molar-refractivity contribution in [2.45, 2.75) is 6.54 Å². The monoisotopic (exact) mass is 557 g/mol. The third-order valence-corrected chi connectivity index (χ3v) is 7.46. The Morgan fingerprint density at radius 2 is 1.66 bits per heavy atom. The van der Waals surface area contributed by atoms with Crippen LogP contribution >= 0.6 is 11.6 Å². The topological polar surface area (TPSA) is 71.6 Å². The van der Waals surface area contributed by atoms with Crippen LogP contribution < -0.4 is 16.0 Å². The Labute approximate surface area is 238 Å². The fourth-order valence-electron chi connectivity index (χ4n) is 5.27. The van der Waals surface area contributed by atoms with Crippen LogP contribution in [-0.4, -0.2) is 21.7 Å². The van der Waals surface area contributed by atoms with Gasteiger partial charge in [0.25, 0.3) is 5.91 Å². The summed E-state index contributed by atoms with van der Waals surface area (Å²) in [6, 6.07) is 31.5. The van der Waals surface area contributed by atoms with E-state index in [1.165, 1.54) is 12.1 Å². The first-order valence-electron chi connectivity index (χ1n) is 13.0. The fraction of sp³-hybridized carbons (Fsp3) is 0.0303. The summed E-state index contributed by atoms with van der Waals surface area (Å²) in [7, 11) is 0. The van der Waals surface area contributed by atoms with Gasteiger partial charge in [0.2, 0.25) is 0 Å². The second kappa shape index (κ2) is 10.1. The van der Waals surface area contributed by atoms with Crippen LogP contribution in [0.1, 0.15) is 11.3 Å². The number of hydrogen-bond acceptors (Lipinski definition) is 4. The first kappa shape index (κ1) is 24.9. The molecule has 0 fully saturated rings. The summed E-state index contributed by atoms with van der Waals surface area (Å²) in [5.41, 5.74) is 8.12. The van der Waals surface area contributed by atoms with Gasteiger partial charge in [0, 0.05) is 33.6 Å². The predicted octanol–water partition coefficient (Wildman–Crippen LogP) is 5.59. The zero-order valence-electron chi connectivity index (χ0n) is 21.6. The highest BCUT2D eigenvalue weighted by molar-refractivity contribution is 6.33. The molecule has 0 unspecified atom stereocenters. The van der Waals surface area contributed by atoms with E-state index >= 15 is 0 Å². The third-order valence-electron chi connectivity index (χ3n) is 7.13. The molecule has 3 heterocycles. The van der Waals surface area contributed by atoms with Gasteiger partial charge in [0.05, 0.1) is 33.5 Å². The molecule has 4 aromatic carbocycles. The number of pyridine rings is 1. The number of carbonyl (C=O) groups excluding carboxylic acids is 1. The zero-order chi connectivity index (χ0) is 27.9. The van der Waals surface area contributed by atoms with Crippen molar-refractivity contribution in [2.75, 3.05) is 0 Å². The van der Waals surface area contributed by atoms with Gasteiger partial charge in [-0.15, -0.1) is 0 Å². The molecule has 41 heavy (non-hydrogen) atoms. The van der Waals surface area contributed by atoms with Crippen LogP contribution in [0.5, 0.6) is 0 Å². The van der Waals surface area contributed by atoms with Crippen molar-refractivity contribution in [3.8, 4) is 11.3 Å². The maximum Gasteiger partial charge on any atom is 0.296 e. The molecule has 8 heteroatoms. The summed E-state index contributed by atoms with van der Waals surface area (Å²) < 4.78 is 15.9. The van der Waals surface area contributed by atoms with Gasteiger partial charge in [0.15, 0.2) is 0 Å². The first-order chi connectivity index (χ1) is 20.1. The molecule has 0 saturated heterocycles. The Morgan fingerprint density at radius 3 is 2.51 bits per heavy atom. The number of fused-ring (bicyclic) bond motifs is 4. The van der Waals surface area contributed by atoms with Gasteiger partial charge in [-0.25, -0.2) is 14.4 Å². The number of para-hydroxylation sites is 2. The molecule has 0 atom stereocenters. The molecular formula is C33H21ClFN5O. The van der Waals surface area contributed by atoms with Crippen molar-refractivity contribution >= 4 is 51.2 Å². The smallest absolute Gasteiger partial charge is 0.296 e. The standard InChI is InChI=1S/C33H21ClFN5O/c34-27-10-4-1-8-24(27)30-32-26(23-7-3-6-12-29(23)40(32)19-20-13-15-21(35)16-14-20)17-22(37-30)18-36-39-31-25-9-2-5-11-28(25)38-33(31)41/h1-18H,19H2,(H,38,39,41)/b36-18+. The molecule has 1 aliphatic rings. The van der Waals surface area contributed by atoms with E-state index in [-0.39, 0.29) is 11.7 Å². The number of nitrogens with zero attached hydrogens (tertiary/aromatic N) is 4. The van der Waals surface area contributed by atoms with Crippen molar-refractivity contribution in [3.05, 3.63) is 136 Å². The number of nitrogens with one attached hydrogen (secondary N) is 1. The van der Waals surface area contributed by atoms with E-state index in [4.69, 9.17) is 16.6 Å². The maximum atomic E-state index is 13.7. The lowest BCUT2D eigenvalue weighted by Crippen LogP contribution is -2.26. The predicted molar refractivity (Wildman–Crippen MR) is 160 cm³/mol. The molecule has 2 aromatic heterocycles. The van der Waals surface area contributed by atoms with E-state index in [0.717, 1.165) is 32.9 Å².